The summed E-state index contributed by atoms with van der Waals surface area (Å²) in [4.78, 5) is 35.6. The van der Waals surface area contributed by atoms with E-state index in [4.69, 9.17) is 0 Å². The van der Waals surface area contributed by atoms with Gasteiger partial charge in [0.05, 0.1) is 12.1 Å². The van der Waals surface area contributed by atoms with Gasteiger partial charge in [-0.05, 0) is 52.0 Å². The first-order chi connectivity index (χ1) is 12.5. The molecule has 1 atom stereocenters. The number of hydrogen-bond acceptors (Lipinski definition) is 4. The van der Waals surface area contributed by atoms with Gasteiger partial charge in [0.15, 0.2) is 0 Å². The molecule has 2 amide bonds. The summed E-state index contributed by atoms with van der Waals surface area (Å²) in [5.74, 6) is -1.49. The molecule has 8 heteroatoms. The summed E-state index contributed by atoms with van der Waals surface area (Å²) < 4.78 is 1.88. The zero-order chi connectivity index (χ0) is 20.4. The van der Waals surface area contributed by atoms with Crippen LogP contribution in [0.3, 0.4) is 0 Å². The lowest BCUT2D eigenvalue weighted by molar-refractivity contribution is -0.142. The molecule has 1 heterocycles. The lowest BCUT2D eigenvalue weighted by Crippen LogP contribution is -2.46. The average Bonchev–Trinajstić information content (AvgIpc) is 3.28. The highest BCUT2D eigenvalue weighted by Gasteiger charge is 2.32. The van der Waals surface area contributed by atoms with Gasteiger partial charge in [-0.3, -0.25) is 14.3 Å². The number of hydrogen-bond donors (Lipinski definition) is 3. The molecule has 8 nitrogen and oxygen atoms in total. The highest BCUT2D eigenvalue weighted by molar-refractivity contribution is 5.95. The van der Waals surface area contributed by atoms with Gasteiger partial charge in [0, 0.05) is 11.6 Å². The van der Waals surface area contributed by atoms with Gasteiger partial charge < -0.3 is 15.7 Å². The Morgan fingerprint density at radius 1 is 1.30 bits per heavy atom. The summed E-state index contributed by atoms with van der Waals surface area (Å²) in [5, 5.41) is 18.6. The van der Waals surface area contributed by atoms with Crippen molar-refractivity contribution in [2.45, 2.75) is 71.4 Å². The molecular weight excluding hydrogens is 348 g/mol. The van der Waals surface area contributed by atoms with Crippen molar-refractivity contribution in [3.05, 3.63) is 17.5 Å². The maximum absolute atomic E-state index is 12.4. The fraction of sp³-hybridized carbons (Fsp3) is 0.684. The van der Waals surface area contributed by atoms with E-state index in [2.05, 4.69) is 15.7 Å². The molecule has 150 valence electrons. The first kappa shape index (κ1) is 20.9. The van der Waals surface area contributed by atoms with Crippen LogP contribution >= 0.6 is 0 Å². The van der Waals surface area contributed by atoms with Gasteiger partial charge in [-0.15, -0.1) is 0 Å². The number of carbonyl (C=O) groups excluding carboxylic acids is 2. The van der Waals surface area contributed by atoms with Crippen LogP contribution < -0.4 is 10.6 Å². The molecular formula is C19H30N4O4. The minimum Gasteiger partial charge on any atom is -0.480 e. The van der Waals surface area contributed by atoms with Crippen molar-refractivity contribution < 1.29 is 19.5 Å². The van der Waals surface area contributed by atoms with Gasteiger partial charge in [-0.2, -0.15) is 5.10 Å². The third kappa shape index (κ3) is 5.80. The molecule has 1 aliphatic rings. The summed E-state index contributed by atoms with van der Waals surface area (Å²) in [6.07, 6.45) is 2.52. The minimum atomic E-state index is -1.08. The summed E-state index contributed by atoms with van der Waals surface area (Å²) >= 11 is 0. The normalized spacial score (nSPS) is 15.5. The van der Waals surface area contributed by atoms with Gasteiger partial charge in [0.2, 0.25) is 5.91 Å². The number of aromatic nitrogens is 2. The standard InChI is InChI=1S/C19H30N4O4/c1-11(2)8-14(18(26)27)21-16(24)10-20-17(25)13-9-15(12-6-7-12)23(22-13)19(3,4)5/h9,11-12,14H,6-8,10H2,1-5H3,(H,20,25)(H,21,24)(H,26,27)/t14-/m0/s1. The number of nitrogens with zero attached hydrogens (tertiary/aromatic N) is 2. The third-order valence-electron chi connectivity index (χ3n) is 4.35. The van der Waals surface area contributed by atoms with E-state index in [9.17, 15) is 19.5 Å². The topological polar surface area (TPSA) is 113 Å². The summed E-state index contributed by atoms with van der Waals surface area (Å²) in [6, 6.07) is 0.825. The van der Waals surface area contributed by atoms with Crippen LogP contribution in [0, 0.1) is 5.92 Å². The van der Waals surface area contributed by atoms with Crippen molar-refractivity contribution in [1.82, 2.24) is 20.4 Å². The number of carbonyl (C=O) groups is 3. The molecule has 0 saturated heterocycles. The monoisotopic (exact) mass is 378 g/mol. The first-order valence-electron chi connectivity index (χ1n) is 9.39. The first-order valence-corrected chi connectivity index (χ1v) is 9.39. The molecule has 3 N–H and O–H groups in total. The second-order valence-corrected chi connectivity index (χ2v) is 8.58. The van der Waals surface area contributed by atoms with Gasteiger partial charge in [-0.1, -0.05) is 13.8 Å². The van der Waals surface area contributed by atoms with Crippen LogP contribution in [-0.4, -0.2) is 45.3 Å². The molecule has 0 bridgehead atoms. The van der Waals surface area contributed by atoms with E-state index >= 15 is 0 Å². The highest BCUT2D eigenvalue weighted by Crippen LogP contribution is 2.41. The van der Waals surface area contributed by atoms with E-state index in [0.717, 1.165) is 18.5 Å². The van der Waals surface area contributed by atoms with Crippen LogP contribution in [0.5, 0.6) is 0 Å². The number of aliphatic carboxylic acids is 1. The molecule has 1 fully saturated rings. The largest absolute Gasteiger partial charge is 0.480 e. The Morgan fingerprint density at radius 2 is 1.93 bits per heavy atom. The van der Waals surface area contributed by atoms with E-state index in [1.54, 1.807) is 6.07 Å². The molecule has 1 aliphatic carbocycles. The van der Waals surface area contributed by atoms with E-state index in [0.29, 0.717) is 12.3 Å². The number of rotatable bonds is 8. The molecule has 1 saturated carbocycles. The lowest BCUT2D eigenvalue weighted by atomic mass is 10.0. The minimum absolute atomic E-state index is 0.128. The van der Waals surface area contributed by atoms with E-state index in [-0.39, 0.29) is 23.7 Å². The molecule has 2 rings (SSSR count). The number of carboxylic acids is 1. The molecule has 0 unspecified atom stereocenters. The average molecular weight is 378 g/mol. The van der Waals surface area contributed by atoms with Crippen molar-refractivity contribution in [1.29, 1.82) is 0 Å². The number of carboxylic acid groups (broad SMARTS) is 1. The van der Waals surface area contributed by atoms with Crippen molar-refractivity contribution in [3.8, 4) is 0 Å². The predicted molar refractivity (Wildman–Crippen MR) is 101 cm³/mol. The Hall–Kier alpha value is -2.38. The second-order valence-electron chi connectivity index (χ2n) is 8.58. The zero-order valence-corrected chi connectivity index (χ0v) is 16.7. The lowest BCUT2D eigenvalue weighted by Gasteiger charge is -2.22. The molecule has 1 aromatic heterocycles. The van der Waals surface area contributed by atoms with Gasteiger partial charge in [0.1, 0.15) is 11.7 Å². The Kier molecular flexibility index (Phi) is 6.28. The van der Waals surface area contributed by atoms with Crippen molar-refractivity contribution in [2.75, 3.05) is 6.54 Å². The molecule has 0 aromatic carbocycles. The van der Waals surface area contributed by atoms with Gasteiger partial charge in [0.25, 0.3) is 5.91 Å². The number of nitrogens with one attached hydrogen (secondary N) is 2. The Balaban J connectivity index is 1.97. The number of amides is 2. The Morgan fingerprint density at radius 3 is 2.41 bits per heavy atom. The summed E-state index contributed by atoms with van der Waals surface area (Å²) in [6.45, 7) is 9.56. The van der Waals surface area contributed by atoms with Crippen molar-refractivity contribution >= 4 is 17.8 Å². The van der Waals surface area contributed by atoms with Crippen LogP contribution in [0.4, 0.5) is 0 Å². The molecule has 0 radical (unpaired) electrons. The quantitative estimate of drug-likeness (QED) is 0.639. The van der Waals surface area contributed by atoms with Crippen molar-refractivity contribution in [2.24, 2.45) is 5.92 Å². The van der Waals surface area contributed by atoms with Crippen LogP contribution in [0.2, 0.25) is 0 Å². The van der Waals surface area contributed by atoms with Crippen LogP contribution in [0.15, 0.2) is 6.07 Å². The van der Waals surface area contributed by atoms with E-state index < -0.39 is 23.8 Å². The highest BCUT2D eigenvalue weighted by atomic mass is 16.4. The Labute approximate surface area is 159 Å². The van der Waals surface area contributed by atoms with Crippen molar-refractivity contribution in [3.63, 3.8) is 0 Å². The zero-order valence-electron chi connectivity index (χ0n) is 16.7. The molecule has 1 aromatic rings. The van der Waals surface area contributed by atoms with Gasteiger partial charge in [-0.25, -0.2) is 4.79 Å². The molecule has 27 heavy (non-hydrogen) atoms. The summed E-state index contributed by atoms with van der Waals surface area (Å²) in [7, 11) is 0. The molecule has 0 aliphatic heterocycles. The Bertz CT molecular complexity index is 714. The third-order valence-corrected chi connectivity index (χ3v) is 4.35. The van der Waals surface area contributed by atoms with Crippen LogP contribution in [0.1, 0.15) is 76.0 Å². The smallest absolute Gasteiger partial charge is 0.326 e. The van der Waals surface area contributed by atoms with E-state index in [1.807, 2.05) is 39.3 Å². The predicted octanol–water partition coefficient (Wildman–Crippen LogP) is 1.86. The van der Waals surface area contributed by atoms with Crippen LogP contribution in [-0.2, 0) is 15.1 Å². The second kappa shape index (κ2) is 8.10. The fourth-order valence-corrected chi connectivity index (χ4v) is 2.90. The molecule has 0 spiro atoms. The van der Waals surface area contributed by atoms with Crippen LogP contribution in [0.25, 0.3) is 0 Å². The SMILES string of the molecule is CC(C)C[C@H](NC(=O)CNC(=O)c1cc(C2CC2)n(C(C)(C)C)n1)C(=O)O. The fourth-order valence-electron chi connectivity index (χ4n) is 2.90. The van der Waals surface area contributed by atoms with Gasteiger partial charge >= 0.3 is 5.97 Å². The summed E-state index contributed by atoms with van der Waals surface area (Å²) in [5.41, 5.74) is 1.08. The van der Waals surface area contributed by atoms with E-state index in [1.165, 1.54) is 0 Å². The maximum Gasteiger partial charge on any atom is 0.326 e. The maximum atomic E-state index is 12.4.